The predicted molar refractivity (Wildman–Crippen MR) is 117 cm³/mol. The molecule has 3 amide bonds. The molecule has 5 unspecified atom stereocenters. The van der Waals surface area contributed by atoms with E-state index in [1.165, 1.54) is 0 Å². The maximum absolute atomic E-state index is 13.1. The fraction of sp³-hybridized carbons (Fsp3) is 0.714. The van der Waals surface area contributed by atoms with Gasteiger partial charge in [-0.2, -0.15) is 0 Å². The maximum Gasteiger partial charge on any atom is 0.326 e. The third kappa shape index (κ3) is 8.61. The fourth-order valence-corrected chi connectivity index (χ4v) is 3.65. The maximum atomic E-state index is 13.1. The Morgan fingerprint density at radius 2 is 1.56 bits per heavy atom. The van der Waals surface area contributed by atoms with Crippen molar-refractivity contribution < 1.29 is 44.1 Å². The van der Waals surface area contributed by atoms with Gasteiger partial charge < -0.3 is 36.6 Å². The zero-order valence-electron chi connectivity index (χ0n) is 19.4. The first kappa shape index (κ1) is 28.8. The second-order valence-corrected chi connectivity index (χ2v) is 8.43. The summed E-state index contributed by atoms with van der Waals surface area (Å²) >= 11 is 0. The Morgan fingerprint density at radius 3 is 2.09 bits per heavy atom. The van der Waals surface area contributed by atoms with Gasteiger partial charge in [-0.05, 0) is 31.6 Å². The zero-order valence-corrected chi connectivity index (χ0v) is 19.4. The topological polar surface area (TPSA) is 216 Å². The van der Waals surface area contributed by atoms with Crippen LogP contribution in [0, 0.1) is 5.92 Å². The summed E-state index contributed by atoms with van der Waals surface area (Å²) in [6.45, 7) is 3.62. The number of hydrogen-bond donors (Lipinski definition) is 6. The lowest BCUT2D eigenvalue weighted by molar-refractivity contribution is -0.150. The molecule has 34 heavy (non-hydrogen) atoms. The van der Waals surface area contributed by atoms with E-state index in [1.54, 1.807) is 13.8 Å². The van der Waals surface area contributed by atoms with E-state index >= 15 is 0 Å². The fourth-order valence-electron chi connectivity index (χ4n) is 3.65. The number of aliphatic carboxylic acids is 3. The van der Waals surface area contributed by atoms with Crippen molar-refractivity contribution >= 4 is 35.6 Å². The van der Waals surface area contributed by atoms with Crippen molar-refractivity contribution in [3.63, 3.8) is 0 Å². The number of rotatable bonds is 14. The van der Waals surface area contributed by atoms with Crippen molar-refractivity contribution in [2.24, 2.45) is 11.7 Å². The van der Waals surface area contributed by atoms with Crippen LogP contribution in [0.3, 0.4) is 0 Å². The molecule has 0 aromatic rings. The number of carboxylic acids is 3. The molecule has 0 bridgehead atoms. The molecule has 7 N–H and O–H groups in total. The first-order valence-corrected chi connectivity index (χ1v) is 11.2. The lowest BCUT2D eigenvalue weighted by Crippen LogP contribution is -2.58. The minimum absolute atomic E-state index is 0.138. The molecule has 1 heterocycles. The number of carbonyl (C=O) groups is 6. The Morgan fingerprint density at radius 1 is 0.971 bits per heavy atom. The lowest BCUT2D eigenvalue weighted by Gasteiger charge is -2.30. The van der Waals surface area contributed by atoms with Crippen molar-refractivity contribution in [1.29, 1.82) is 0 Å². The highest BCUT2D eigenvalue weighted by Crippen LogP contribution is 2.20. The molecule has 13 heteroatoms. The van der Waals surface area contributed by atoms with Gasteiger partial charge in [-0.15, -0.1) is 0 Å². The quantitative estimate of drug-likeness (QED) is 0.178. The van der Waals surface area contributed by atoms with E-state index in [1.807, 2.05) is 0 Å². The Hall–Kier alpha value is -3.22. The van der Waals surface area contributed by atoms with Crippen LogP contribution in [-0.2, 0) is 28.8 Å². The van der Waals surface area contributed by atoms with Gasteiger partial charge in [-0.25, -0.2) is 4.79 Å². The minimum Gasteiger partial charge on any atom is -0.481 e. The number of likely N-dealkylation sites (tertiary alicyclic amines) is 1. The van der Waals surface area contributed by atoms with E-state index in [9.17, 15) is 33.9 Å². The van der Waals surface area contributed by atoms with Crippen molar-refractivity contribution in [2.45, 2.75) is 83.0 Å². The summed E-state index contributed by atoms with van der Waals surface area (Å²) < 4.78 is 0. The van der Waals surface area contributed by atoms with Crippen LogP contribution in [0.15, 0.2) is 0 Å². The summed E-state index contributed by atoms with van der Waals surface area (Å²) in [5, 5.41) is 32.1. The van der Waals surface area contributed by atoms with Crippen LogP contribution >= 0.6 is 0 Å². The van der Waals surface area contributed by atoms with E-state index in [4.69, 9.17) is 15.9 Å². The standard InChI is InChI=1S/C21H34N4O9/c1-3-11(2)17(24-18(30)12(22)6-8-15(26)27)19(31)23-13(7-9-16(28)29)20(32)25-10-4-5-14(25)21(33)34/h11-14,17H,3-10,22H2,1-2H3,(H,23,31)(H,24,30)(H,26,27)(H,28,29)(H,33,34). The number of nitrogens with one attached hydrogen (secondary N) is 2. The van der Waals surface area contributed by atoms with E-state index in [0.29, 0.717) is 12.8 Å². The van der Waals surface area contributed by atoms with Crippen molar-refractivity contribution in [3.05, 3.63) is 0 Å². The Bertz CT molecular complexity index is 788. The highest BCUT2D eigenvalue weighted by molar-refractivity contribution is 5.94. The highest BCUT2D eigenvalue weighted by Gasteiger charge is 2.39. The molecular weight excluding hydrogens is 452 g/mol. The first-order chi connectivity index (χ1) is 15.9. The Balaban J connectivity index is 3.02. The molecule has 1 fully saturated rings. The number of carbonyl (C=O) groups excluding carboxylic acids is 3. The largest absolute Gasteiger partial charge is 0.481 e. The van der Waals surface area contributed by atoms with Crippen LogP contribution in [0.4, 0.5) is 0 Å². The second-order valence-electron chi connectivity index (χ2n) is 8.43. The van der Waals surface area contributed by atoms with Gasteiger partial charge in [0.2, 0.25) is 17.7 Å². The normalized spacial score (nSPS) is 18.9. The van der Waals surface area contributed by atoms with Crippen LogP contribution in [0.2, 0.25) is 0 Å². The van der Waals surface area contributed by atoms with E-state index in [2.05, 4.69) is 10.6 Å². The lowest BCUT2D eigenvalue weighted by atomic mass is 9.96. The monoisotopic (exact) mass is 486 g/mol. The van der Waals surface area contributed by atoms with Gasteiger partial charge in [-0.3, -0.25) is 24.0 Å². The first-order valence-electron chi connectivity index (χ1n) is 11.2. The molecular formula is C21H34N4O9. The third-order valence-electron chi connectivity index (χ3n) is 5.88. The molecule has 0 radical (unpaired) electrons. The number of nitrogens with two attached hydrogens (primary N) is 1. The molecule has 5 atom stereocenters. The summed E-state index contributed by atoms with van der Waals surface area (Å²) in [5.41, 5.74) is 5.72. The van der Waals surface area contributed by atoms with Gasteiger partial charge in [0, 0.05) is 19.4 Å². The molecule has 0 aromatic carbocycles. The van der Waals surface area contributed by atoms with Gasteiger partial charge in [0.25, 0.3) is 0 Å². The molecule has 1 aliphatic rings. The highest BCUT2D eigenvalue weighted by atomic mass is 16.4. The molecule has 192 valence electrons. The van der Waals surface area contributed by atoms with Gasteiger partial charge in [0.1, 0.15) is 18.1 Å². The summed E-state index contributed by atoms with van der Waals surface area (Å²) in [5.74, 6) is -6.09. The SMILES string of the molecule is CCC(C)C(NC(=O)C(N)CCC(=O)O)C(=O)NC(CCC(=O)O)C(=O)N1CCCC1C(=O)O. The number of hydrogen-bond acceptors (Lipinski definition) is 7. The summed E-state index contributed by atoms with van der Waals surface area (Å²) in [6, 6.07) is -4.65. The molecule has 0 saturated carbocycles. The summed E-state index contributed by atoms with van der Waals surface area (Å²) in [7, 11) is 0. The molecule has 13 nitrogen and oxygen atoms in total. The second kappa shape index (κ2) is 13.5. The smallest absolute Gasteiger partial charge is 0.326 e. The van der Waals surface area contributed by atoms with Gasteiger partial charge in [-0.1, -0.05) is 20.3 Å². The van der Waals surface area contributed by atoms with Gasteiger partial charge in [0.05, 0.1) is 6.04 Å². The molecule has 0 aromatic heterocycles. The van der Waals surface area contributed by atoms with Crippen LogP contribution in [-0.4, -0.2) is 86.6 Å². The third-order valence-corrected chi connectivity index (χ3v) is 5.88. The molecule has 0 aliphatic carbocycles. The Kier molecular flexibility index (Phi) is 11.4. The number of amides is 3. The average Bonchev–Trinajstić information content (AvgIpc) is 3.27. The van der Waals surface area contributed by atoms with Crippen LogP contribution in [0.1, 0.15) is 58.8 Å². The molecule has 1 rings (SSSR count). The summed E-state index contributed by atoms with van der Waals surface area (Å²) in [6.07, 6.45) is -0.000650. The van der Waals surface area contributed by atoms with E-state index < -0.39 is 72.1 Å². The summed E-state index contributed by atoms with van der Waals surface area (Å²) in [4.78, 5) is 72.9. The van der Waals surface area contributed by atoms with Gasteiger partial charge >= 0.3 is 17.9 Å². The Labute approximate surface area is 197 Å². The predicted octanol–water partition coefficient (Wildman–Crippen LogP) is -0.865. The van der Waals surface area contributed by atoms with Gasteiger partial charge in [0.15, 0.2) is 0 Å². The van der Waals surface area contributed by atoms with Crippen LogP contribution in [0.5, 0.6) is 0 Å². The number of carboxylic acid groups (broad SMARTS) is 3. The molecule has 1 aliphatic heterocycles. The molecule has 0 spiro atoms. The van der Waals surface area contributed by atoms with Crippen molar-refractivity contribution in [2.75, 3.05) is 6.54 Å². The minimum atomic E-state index is -1.30. The van der Waals surface area contributed by atoms with Crippen molar-refractivity contribution in [3.8, 4) is 0 Å². The van der Waals surface area contributed by atoms with Crippen LogP contribution in [0.25, 0.3) is 0 Å². The average molecular weight is 487 g/mol. The van der Waals surface area contributed by atoms with E-state index in [-0.39, 0.29) is 32.2 Å². The zero-order chi connectivity index (χ0) is 26.0. The van der Waals surface area contributed by atoms with Crippen molar-refractivity contribution in [1.82, 2.24) is 15.5 Å². The number of nitrogens with zero attached hydrogens (tertiary/aromatic N) is 1. The molecule has 1 saturated heterocycles. The van der Waals surface area contributed by atoms with Crippen LogP contribution < -0.4 is 16.4 Å². The van der Waals surface area contributed by atoms with E-state index in [0.717, 1.165) is 4.90 Å².